The number of aliphatic hydroxyl groups excluding tert-OH is 1. The molecular formula is C27H33NO4. The van der Waals surface area contributed by atoms with Crippen LogP contribution in [0.15, 0.2) is 54.6 Å². The van der Waals surface area contributed by atoms with Gasteiger partial charge in [-0.05, 0) is 71.8 Å². The van der Waals surface area contributed by atoms with Gasteiger partial charge in [-0.3, -0.25) is 4.79 Å². The maximum atomic E-state index is 13.2. The van der Waals surface area contributed by atoms with Crippen LogP contribution in [-0.4, -0.2) is 36.9 Å². The molecule has 1 amide bonds. The van der Waals surface area contributed by atoms with Crippen LogP contribution in [0.5, 0.6) is 5.75 Å². The summed E-state index contributed by atoms with van der Waals surface area (Å²) in [5, 5.41) is 12.6. The molecule has 2 saturated carbocycles. The number of amides is 1. The molecule has 0 unspecified atom stereocenters. The molecule has 2 aromatic carbocycles. The normalized spacial score (nSPS) is 32.3. The van der Waals surface area contributed by atoms with Crippen molar-refractivity contribution in [3.63, 3.8) is 0 Å². The lowest BCUT2D eigenvalue weighted by molar-refractivity contribution is -0.120. The van der Waals surface area contributed by atoms with E-state index in [2.05, 4.69) is 25.2 Å². The number of rotatable bonds is 6. The van der Waals surface area contributed by atoms with E-state index < -0.39 is 0 Å². The highest BCUT2D eigenvalue weighted by molar-refractivity contribution is 5.94. The van der Waals surface area contributed by atoms with E-state index in [1.54, 1.807) is 0 Å². The fraction of sp³-hybridized carbons (Fsp3) is 0.519. The minimum absolute atomic E-state index is 0.00125. The Morgan fingerprint density at radius 3 is 2.78 bits per heavy atom. The summed E-state index contributed by atoms with van der Waals surface area (Å²) in [4.78, 5) is 13.2. The fourth-order valence-electron chi connectivity index (χ4n) is 6.87. The third-order valence-electron chi connectivity index (χ3n) is 8.36. The van der Waals surface area contributed by atoms with Gasteiger partial charge in [0, 0.05) is 18.2 Å². The van der Waals surface area contributed by atoms with Gasteiger partial charge in [0.1, 0.15) is 12.4 Å². The first-order valence-corrected chi connectivity index (χ1v) is 11.8. The zero-order chi connectivity index (χ0) is 22.3. The molecule has 0 aromatic heterocycles. The van der Waals surface area contributed by atoms with E-state index in [1.165, 1.54) is 0 Å². The van der Waals surface area contributed by atoms with Crippen LogP contribution in [0.4, 0.5) is 0 Å². The first-order valence-electron chi connectivity index (χ1n) is 11.8. The van der Waals surface area contributed by atoms with E-state index in [9.17, 15) is 4.79 Å². The van der Waals surface area contributed by atoms with Crippen LogP contribution in [0.3, 0.4) is 0 Å². The summed E-state index contributed by atoms with van der Waals surface area (Å²) in [5.74, 6) is 1.71. The molecule has 5 rings (SSSR count). The number of fused-ring (bicyclic) bond motifs is 1. The molecule has 2 aromatic rings. The molecule has 2 N–H and O–H groups in total. The van der Waals surface area contributed by atoms with Gasteiger partial charge in [0.15, 0.2) is 0 Å². The van der Waals surface area contributed by atoms with Crippen molar-refractivity contribution in [2.45, 2.75) is 45.3 Å². The van der Waals surface area contributed by atoms with Gasteiger partial charge < -0.3 is 19.9 Å². The van der Waals surface area contributed by atoms with Crippen molar-refractivity contribution in [2.75, 3.05) is 19.8 Å². The topological polar surface area (TPSA) is 67.8 Å². The summed E-state index contributed by atoms with van der Waals surface area (Å²) in [7, 11) is 0. The largest absolute Gasteiger partial charge is 0.491 e. The number of carbonyl (C=O) groups excluding carboxylic acids is 1. The minimum Gasteiger partial charge on any atom is -0.491 e. The average molecular weight is 436 g/mol. The van der Waals surface area contributed by atoms with Gasteiger partial charge in [-0.1, -0.05) is 44.2 Å². The highest BCUT2D eigenvalue weighted by atomic mass is 16.5. The van der Waals surface area contributed by atoms with E-state index in [0.29, 0.717) is 18.4 Å². The second-order valence-electron chi connectivity index (χ2n) is 10.3. The monoisotopic (exact) mass is 435 g/mol. The maximum absolute atomic E-state index is 13.2. The van der Waals surface area contributed by atoms with Gasteiger partial charge in [0.25, 0.3) is 5.91 Å². The Bertz CT molecular complexity index is 975. The van der Waals surface area contributed by atoms with Crippen LogP contribution in [0, 0.1) is 22.7 Å². The smallest absolute Gasteiger partial charge is 0.251 e. The number of nitrogens with one attached hydrogen (secondary N) is 1. The highest BCUT2D eigenvalue weighted by Gasteiger charge is 2.68. The minimum atomic E-state index is -0.00452. The van der Waals surface area contributed by atoms with Gasteiger partial charge in [0.2, 0.25) is 0 Å². The third kappa shape index (κ3) is 3.43. The standard InChI is InChI=1S/C27H33NO4/c1-26(2)20-16-22-23(19-9-6-10-21(15-19)31-14-12-29)32-13-11-27(22,17-20)25(26)28-24(30)18-7-4-3-5-8-18/h3-10,15,20,22-23,25,29H,11-14,16-17H2,1-2H3,(H,28,30)/t20-,22-,23-,25+,27-/m1/s1. The predicted molar refractivity (Wildman–Crippen MR) is 122 cm³/mol. The number of ether oxygens (including phenoxy) is 2. The van der Waals surface area contributed by atoms with Gasteiger partial charge >= 0.3 is 0 Å². The molecule has 3 fully saturated rings. The molecule has 1 spiro atoms. The van der Waals surface area contributed by atoms with Crippen molar-refractivity contribution in [1.82, 2.24) is 5.32 Å². The van der Waals surface area contributed by atoms with E-state index in [4.69, 9.17) is 14.6 Å². The summed E-state index contributed by atoms with van der Waals surface area (Å²) >= 11 is 0. The maximum Gasteiger partial charge on any atom is 0.251 e. The fourth-order valence-corrected chi connectivity index (χ4v) is 6.87. The molecule has 32 heavy (non-hydrogen) atoms. The van der Waals surface area contributed by atoms with Crippen LogP contribution in [0.25, 0.3) is 0 Å². The summed E-state index contributed by atoms with van der Waals surface area (Å²) in [6.45, 7) is 5.63. The molecule has 2 aliphatic carbocycles. The quantitative estimate of drug-likeness (QED) is 0.707. The molecule has 5 nitrogen and oxygen atoms in total. The molecule has 2 bridgehead atoms. The number of benzene rings is 2. The van der Waals surface area contributed by atoms with E-state index in [-0.39, 0.29) is 42.1 Å². The van der Waals surface area contributed by atoms with Gasteiger partial charge in [-0.15, -0.1) is 0 Å². The Morgan fingerprint density at radius 2 is 2.00 bits per heavy atom. The van der Waals surface area contributed by atoms with Crippen LogP contribution >= 0.6 is 0 Å². The van der Waals surface area contributed by atoms with Gasteiger partial charge in [-0.2, -0.15) is 0 Å². The van der Waals surface area contributed by atoms with Crippen LogP contribution < -0.4 is 10.1 Å². The Morgan fingerprint density at radius 1 is 1.19 bits per heavy atom. The van der Waals surface area contributed by atoms with E-state index >= 15 is 0 Å². The second kappa shape index (κ2) is 8.20. The summed E-state index contributed by atoms with van der Waals surface area (Å²) < 4.78 is 12.0. The number of aliphatic hydroxyl groups is 1. The van der Waals surface area contributed by atoms with E-state index in [0.717, 1.165) is 36.1 Å². The van der Waals surface area contributed by atoms with Crippen molar-refractivity contribution >= 4 is 5.91 Å². The Labute approximate surface area is 190 Å². The third-order valence-corrected chi connectivity index (χ3v) is 8.36. The summed E-state index contributed by atoms with van der Waals surface area (Å²) in [6, 6.07) is 17.7. The Hall–Kier alpha value is -2.37. The van der Waals surface area contributed by atoms with Crippen LogP contribution in [0.2, 0.25) is 0 Å². The molecule has 1 saturated heterocycles. The predicted octanol–water partition coefficient (Wildman–Crippen LogP) is 4.37. The lowest BCUT2D eigenvalue weighted by atomic mass is 9.58. The van der Waals surface area contributed by atoms with Crippen molar-refractivity contribution in [3.05, 3.63) is 65.7 Å². The molecule has 5 atom stereocenters. The molecular weight excluding hydrogens is 402 g/mol. The first kappa shape index (κ1) is 21.5. The van der Waals surface area contributed by atoms with Gasteiger partial charge in [0.05, 0.1) is 12.7 Å². The van der Waals surface area contributed by atoms with Crippen LogP contribution in [-0.2, 0) is 4.74 Å². The molecule has 0 radical (unpaired) electrons. The number of carbonyl (C=O) groups is 1. The van der Waals surface area contributed by atoms with E-state index in [1.807, 2.05) is 48.5 Å². The molecule has 1 aliphatic heterocycles. The van der Waals surface area contributed by atoms with Crippen molar-refractivity contribution in [1.29, 1.82) is 0 Å². The summed E-state index contributed by atoms with van der Waals surface area (Å²) in [5.41, 5.74) is 1.94. The average Bonchev–Trinajstić information content (AvgIpc) is 3.30. The molecule has 3 aliphatic rings. The molecule has 1 heterocycles. The zero-order valence-corrected chi connectivity index (χ0v) is 18.9. The first-order chi connectivity index (χ1) is 15.5. The SMILES string of the molecule is CC1(C)[C@@H]2C[C@@H]3[C@@H](c4cccc(OCCO)c4)OCC[C@]3(C2)[C@H]1NC(=O)c1ccccc1. The van der Waals surface area contributed by atoms with Crippen LogP contribution in [0.1, 0.15) is 55.1 Å². The second-order valence-corrected chi connectivity index (χ2v) is 10.3. The Kier molecular flexibility index (Phi) is 5.50. The van der Waals surface area contributed by atoms with Gasteiger partial charge in [-0.25, -0.2) is 0 Å². The Balaban J connectivity index is 1.44. The highest BCUT2D eigenvalue weighted by Crippen LogP contribution is 2.70. The summed E-state index contributed by atoms with van der Waals surface area (Å²) in [6.07, 6.45) is 3.25. The number of hydrogen-bond acceptors (Lipinski definition) is 4. The molecule has 170 valence electrons. The lowest BCUT2D eigenvalue weighted by Crippen LogP contribution is -2.58. The zero-order valence-electron chi connectivity index (χ0n) is 18.9. The molecule has 5 heteroatoms. The lowest BCUT2D eigenvalue weighted by Gasteiger charge is -2.53. The number of hydrogen-bond donors (Lipinski definition) is 2. The van der Waals surface area contributed by atoms with Crippen molar-refractivity contribution < 1.29 is 19.4 Å². The van der Waals surface area contributed by atoms with Crippen molar-refractivity contribution in [2.24, 2.45) is 22.7 Å². The van der Waals surface area contributed by atoms with Crippen molar-refractivity contribution in [3.8, 4) is 5.75 Å².